The molecule has 0 radical (unpaired) electrons. The summed E-state index contributed by atoms with van der Waals surface area (Å²) in [5.74, 6) is 0.478. The van der Waals surface area contributed by atoms with Crippen LogP contribution in [0, 0.1) is 6.92 Å². The second kappa shape index (κ2) is 7.18. The van der Waals surface area contributed by atoms with Crippen LogP contribution >= 0.6 is 11.3 Å². The Labute approximate surface area is 131 Å². The van der Waals surface area contributed by atoms with Gasteiger partial charge in [-0.3, -0.25) is 4.79 Å². The average molecular weight is 307 g/mol. The van der Waals surface area contributed by atoms with Crippen molar-refractivity contribution in [2.45, 2.75) is 32.1 Å². The maximum Gasteiger partial charge on any atom is 0.246 e. The Bertz CT molecular complexity index is 522. The molecular weight excluding hydrogens is 282 g/mol. The Balaban J connectivity index is 1.95. The topological polar surface area (TPSA) is 36.4 Å². The zero-order valence-corrected chi connectivity index (χ0v) is 14.2. The van der Waals surface area contributed by atoms with Crippen LogP contribution in [0.15, 0.2) is 12.2 Å². The van der Waals surface area contributed by atoms with Crippen molar-refractivity contribution in [1.82, 2.24) is 14.8 Å². The first-order valence-electron chi connectivity index (χ1n) is 7.50. The molecule has 0 aliphatic heterocycles. The summed E-state index contributed by atoms with van der Waals surface area (Å²) in [4.78, 5) is 22.1. The number of amides is 1. The van der Waals surface area contributed by atoms with Gasteiger partial charge in [-0.05, 0) is 40.3 Å². The van der Waals surface area contributed by atoms with Crippen LogP contribution in [-0.2, 0) is 11.2 Å². The third-order valence-electron chi connectivity index (χ3n) is 3.78. The average Bonchev–Trinajstić information content (AvgIpc) is 2.79. The van der Waals surface area contributed by atoms with Gasteiger partial charge in [0.15, 0.2) is 0 Å². The quantitative estimate of drug-likeness (QED) is 0.784. The summed E-state index contributed by atoms with van der Waals surface area (Å²) < 4.78 is 0. The van der Waals surface area contributed by atoms with E-state index in [0.717, 1.165) is 30.9 Å². The summed E-state index contributed by atoms with van der Waals surface area (Å²) in [6.07, 6.45) is 7.08. The van der Waals surface area contributed by atoms with E-state index < -0.39 is 0 Å². The Kier molecular flexibility index (Phi) is 5.53. The van der Waals surface area contributed by atoms with Crippen molar-refractivity contribution in [2.24, 2.45) is 0 Å². The van der Waals surface area contributed by atoms with Crippen LogP contribution in [0.25, 0.3) is 0 Å². The number of fused-ring (bicyclic) bond motifs is 1. The number of aryl methyl sites for hydroxylation is 2. The molecule has 2 rings (SSSR count). The van der Waals surface area contributed by atoms with Gasteiger partial charge in [-0.2, -0.15) is 0 Å². The molecule has 1 aromatic heterocycles. The molecule has 1 unspecified atom stereocenters. The highest BCUT2D eigenvalue weighted by Gasteiger charge is 2.25. The van der Waals surface area contributed by atoms with Gasteiger partial charge in [0.2, 0.25) is 5.91 Å². The number of nitrogens with zero attached hydrogens (tertiary/aromatic N) is 3. The van der Waals surface area contributed by atoms with Crippen LogP contribution in [0.5, 0.6) is 0 Å². The zero-order chi connectivity index (χ0) is 15.4. The fourth-order valence-corrected chi connectivity index (χ4v) is 3.78. The van der Waals surface area contributed by atoms with Crippen LogP contribution in [0.1, 0.15) is 34.3 Å². The summed E-state index contributed by atoms with van der Waals surface area (Å²) in [6, 6.07) is 0. The van der Waals surface area contributed by atoms with Crippen LogP contribution in [0.2, 0.25) is 0 Å². The molecule has 21 heavy (non-hydrogen) atoms. The minimum absolute atomic E-state index is 0.0796. The van der Waals surface area contributed by atoms with Crippen molar-refractivity contribution in [1.29, 1.82) is 0 Å². The maximum atomic E-state index is 12.1. The van der Waals surface area contributed by atoms with E-state index >= 15 is 0 Å². The molecule has 1 heterocycles. The molecule has 0 spiro atoms. The Morgan fingerprint density at radius 3 is 2.90 bits per heavy atom. The second-order valence-corrected chi connectivity index (χ2v) is 7.30. The third-order valence-corrected chi connectivity index (χ3v) is 4.83. The molecule has 5 heteroatoms. The monoisotopic (exact) mass is 307 g/mol. The lowest BCUT2D eigenvalue weighted by atomic mass is 9.90. The van der Waals surface area contributed by atoms with Gasteiger partial charge in [0, 0.05) is 37.0 Å². The SMILES string of the molecule is Cc1nc2c(s1)CCCC2CN(C)C(=O)/C=C/CN(C)C. The molecule has 0 N–H and O–H groups in total. The van der Waals surface area contributed by atoms with Gasteiger partial charge in [0.25, 0.3) is 0 Å². The smallest absolute Gasteiger partial charge is 0.246 e. The molecule has 1 aromatic rings. The molecule has 0 saturated carbocycles. The first-order valence-corrected chi connectivity index (χ1v) is 8.31. The Morgan fingerprint density at radius 2 is 2.19 bits per heavy atom. The lowest BCUT2D eigenvalue weighted by molar-refractivity contribution is -0.125. The number of hydrogen-bond donors (Lipinski definition) is 0. The summed E-state index contributed by atoms with van der Waals surface area (Å²) in [5.41, 5.74) is 1.24. The Hall–Kier alpha value is -1.20. The fraction of sp³-hybridized carbons (Fsp3) is 0.625. The lowest BCUT2D eigenvalue weighted by Crippen LogP contribution is -2.31. The van der Waals surface area contributed by atoms with Gasteiger partial charge in [0.05, 0.1) is 10.7 Å². The van der Waals surface area contributed by atoms with Crippen molar-refractivity contribution in [2.75, 3.05) is 34.2 Å². The fourth-order valence-electron chi connectivity index (χ4n) is 2.72. The van der Waals surface area contributed by atoms with E-state index in [-0.39, 0.29) is 5.91 Å². The lowest BCUT2D eigenvalue weighted by Gasteiger charge is -2.26. The highest BCUT2D eigenvalue weighted by Crippen LogP contribution is 2.34. The number of carbonyl (C=O) groups is 1. The molecule has 0 bridgehead atoms. The molecular formula is C16H25N3OS. The highest BCUT2D eigenvalue weighted by molar-refractivity contribution is 7.11. The van der Waals surface area contributed by atoms with E-state index in [1.807, 2.05) is 48.4 Å². The van der Waals surface area contributed by atoms with Crippen molar-refractivity contribution < 1.29 is 4.79 Å². The van der Waals surface area contributed by atoms with Crippen molar-refractivity contribution in [3.63, 3.8) is 0 Å². The van der Waals surface area contributed by atoms with Crippen molar-refractivity contribution in [3.8, 4) is 0 Å². The van der Waals surface area contributed by atoms with E-state index in [1.165, 1.54) is 17.0 Å². The van der Waals surface area contributed by atoms with E-state index in [2.05, 4.69) is 11.9 Å². The van der Waals surface area contributed by atoms with Gasteiger partial charge in [-0.1, -0.05) is 6.08 Å². The molecule has 0 fully saturated rings. The third kappa shape index (κ3) is 4.38. The van der Waals surface area contributed by atoms with Crippen molar-refractivity contribution >= 4 is 17.2 Å². The molecule has 4 nitrogen and oxygen atoms in total. The van der Waals surface area contributed by atoms with E-state index in [4.69, 9.17) is 0 Å². The van der Waals surface area contributed by atoms with Gasteiger partial charge in [-0.25, -0.2) is 4.98 Å². The normalized spacial score (nSPS) is 18.2. The van der Waals surface area contributed by atoms with Crippen LogP contribution in [-0.4, -0.2) is 54.9 Å². The predicted octanol–water partition coefficient (Wildman–Crippen LogP) is 2.45. The summed E-state index contributed by atoms with van der Waals surface area (Å²) >= 11 is 1.81. The molecule has 0 saturated heterocycles. The molecule has 1 aliphatic rings. The second-order valence-electron chi connectivity index (χ2n) is 6.01. The number of carbonyl (C=O) groups excluding carboxylic acids is 1. The van der Waals surface area contributed by atoms with E-state index in [0.29, 0.717) is 5.92 Å². The van der Waals surface area contributed by atoms with Gasteiger partial charge >= 0.3 is 0 Å². The van der Waals surface area contributed by atoms with Gasteiger partial charge in [0.1, 0.15) is 0 Å². The minimum atomic E-state index is 0.0796. The molecule has 1 atom stereocenters. The van der Waals surface area contributed by atoms with E-state index in [9.17, 15) is 4.79 Å². The summed E-state index contributed by atoms with van der Waals surface area (Å²) in [5, 5.41) is 1.15. The predicted molar refractivity (Wildman–Crippen MR) is 87.9 cm³/mol. The molecule has 0 aromatic carbocycles. The summed E-state index contributed by atoms with van der Waals surface area (Å²) in [7, 11) is 5.87. The number of likely N-dealkylation sites (N-methyl/N-ethyl adjacent to an activating group) is 2. The largest absolute Gasteiger partial charge is 0.342 e. The van der Waals surface area contributed by atoms with Crippen LogP contribution in [0.3, 0.4) is 0 Å². The minimum Gasteiger partial charge on any atom is -0.342 e. The first-order chi connectivity index (χ1) is 9.97. The zero-order valence-electron chi connectivity index (χ0n) is 13.4. The molecule has 1 aliphatic carbocycles. The van der Waals surface area contributed by atoms with E-state index in [1.54, 1.807) is 6.08 Å². The van der Waals surface area contributed by atoms with Crippen LogP contribution in [0.4, 0.5) is 0 Å². The highest BCUT2D eigenvalue weighted by atomic mass is 32.1. The number of aromatic nitrogens is 1. The maximum absolute atomic E-state index is 12.1. The molecule has 116 valence electrons. The Morgan fingerprint density at radius 1 is 1.43 bits per heavy atom. The van der Waals surface area contributed by atoms with Gasteiger partial charge < -0.3 is 9.80 Å². The molecule has 1 amide bonds. The first kappa shape index (κ1) is 16.2. The number of rotatable bonds is 5. The standard InChI is InChI=1S/C16H25N3OS/c1-12-17-16-13(7-5-8-14(16)21-12)11-19(4)15(20)9-6-10-18(2)3/h6,9,13H,5,7-8,10-11H2,1-4H3/b9-6+. The van der Waals surface area contributed by atoms with Crippen molar-refractivity contribution in [3.05, 3.63) is 27.7 Å². The van der Waals surface area contributed by atoms with Crippen LogP contribution < -0.4 is 0 Å². The summed E-state index contributed by atoms with van der Waals surface area (Å²) in [6.45, 7) is 3.62. The van der Waals surface area contributed by atoms with Gasteiger partial charge in [-0.15, -0.1) is 11.3 Å². The number of thiazole rings is 1. The number of hydrogen-bond acceptors (Lipinski definition) is 4.